The quantitative estimate of drug-likeness (QED) is 0.660. The van der Waals surface area contributed by atoms with Gasteiger partial charge in [0.2, 0.25) is 0 Å². The Bertz CT molecular complexity index is 248. The second kappa shape index (κ2) is 7.45. The molecule has 0 aliphatic carbocycles. The van der Waals surface area contributed by atoms with Crippen molar-refractivity contribution in [3.63, 3.8) is 0 Å². The van der Waals surface area contributed by atoms with Crippen LogP contribution in [0.2, 0.25) is 0 Å². The lowest BCUT2D eigenvalue weighted by Gasteiger charge is -2.34. The lowest BCUT2D eigenvalue weighted by molar-refractivity contribution is 0.0166. The first-order valence-corrected chi connectivity index (χ1v) is 6.77. The van der Waals surface area contributed by atoms with Gasteiger partial charge in [-0.1, -0.05) is 13.8 Å². The van der Waals surface area contributed by atoms with Gasteiger partial charge < -0.3 is 9.64 Å². The predicted molar refractivity (Wildman–Crippen MR) is 76.6 cm³/mol. The summed E-state index contributed by atoms with van der Waals surface area (Å²) >= 11 is 0. The first-order valence-electron chi connectivity index (χ1n) is 6.77. The summed E-state index contributed by atoms with van der Waals surface area (Å²) in [4.78, 5) is 13.6. The first-order chi connectivity index (χ1) is 8.29. The van der Waals surface area contributed by atoms with Crippen molar-refractivity contribution in [2.75, 3.05) is 13.1 Å². The average Bonchev–Trinajstić information content (AvgIpc) is 2.29. The van der Waals surface area contributed by atoms with E-state index in [9.17, 15) is 4.79 Å². The minimum absolute atomic E-state index is 0.158. The molecule has 0 aromatic carbocycles. The van der Waals surface area contributed by atoms with E-state index in [0.717, 1.165) is 37.8 Å². The van der Waals surface area contributed by atoms with Gasteiger partial charge in [-0.05, 0) is 45.4 Å². The number of likely N-dealkylation sites (tertiary alicyclic amines) is 1. The van der Waals surface area contributed by atoms with Gasteiger partial charge in [0.1, 0.15) is 5.60 Å². The highest BCUT2D eigenvalue weighted by molar-refractivity contribution is 5.68. The summed E-state index contributed by atoms with van der Waals surface area (Å²) in [6.07, 6.45) is 2.06. The molecule has 3 nitrogen and oxygen atoms in total. The average molecular weight is 255 g/mol. The van der Waals surface area contributed by atoms with Crippen LogP contribution in [0.3, 0.4) is 0 Å². The number of rotatable bonds is 1. The minimum atomic E-state index is -0.383. The molecule has 3 heteroatoms. The summed E-state index contributed by atoms with van der Waals surface area (Å²) in [5, 5.41) is 0. The smallest absolute Gasteiger partial charge is 0.410 e. The van der Waals surface area contributed by atoms with E-state index in [1.165, 1.54) is 0 Å². The second-order valence-electron chi connectivity index (χ2n) is 6.05. The maximum atomic E-state index is 11.8. The van der Waals surface area contributed by atoms with E-state index >= 15 is 0 Å². The van der Waals surface area contributed by atoms with E-state index in [1.807, 2.05) is 25.7 Å². The Morgan fingerprint density at radius 1 is 1.22 bits per heavy atom. The van der Waals surface area contributed by atoms with E-state index in [0.29, 0.717) is 0 Å². The number of amides is 1. The highest BCUT2D eigenvalue weighted by atomic mass is 16.6. The van der Waals surface area contributed by atoms with Gasteiger partial charge in [0.05, 0.1) is 0 Å². The molecule has 1 aliphatic heterocycles. The normalized spacial score (nSPS) is 17.1. The molecule has 1 amide bonds. The van der Waals surface area contributed by atoms with E-state index in [-0.39, 0.29) is 11.7 Å². The molecule has 0 spiro atoms. The third-order valence-electron chi connectivity index (χ3n) is 3.13. The lowest BCUT2D eigenvalue weighted by Crippen LogP contribution is -2.42. The molecule has 0 radical (unpaired) electrons. The number of piperidine rings is 1. The molecule has 0 bridgehead atoms. The molecule has 106 valence electrons. The largest absolute Gasteiger partial charge is 0.444 e. The molecular formula is C15H29NO2. The molecule has 0 atom stereocenters. The van der Waals surface area contributed by atoms with E-state index in [4.69, 9.17) is 4.74 Å². The van der Waals surface area contributed by atoms with Crippen molar-refractivity contribution in [1.29, 1.82) is 0 Å². The topological polar surface area (TPSA) is 29.5 Å². The van der Waals surface area contributed by atoms with Crippen molar-refractivity contribution in [2.45, 2.75) is 53.1 Å². The summed E-state index contributed by atoms with van der Waals surface area (Å²) in [7, 11) is 0. The zero-order valence-electron chi connectivity index (χ0n) is 12.7. The van der Waals surface area contributed by atoms with Crippen molar-refractivity contribution >= 4 is 6.09 Å². The third-order valence-corrected chi connectivity index (χ3v) is 3.13. The Kier molecular flexibility index (Phi) is 7.04. The van der Waals surface area contributed by atoms with Gasteiger partial charge in [-0.3, -0.25) is 0 Å². The Hall–Kier alpha value is -0.990. The zero-order chi connectivity index (χ0) is 14.3. The summed E-state index contributed by atoms with van der Waals surface area (Å²) in [6.45, 7) is 17.9. The number of ether oxygens (including phenoxy) is 1. The Labute approximate surface area is 112 Å². The van der Waals surface area contributed by atoms with Crippen LogP contribution in [0.25, 0.3) is 0 Å². The van der Waals surface area contributed by atoms with Crippen molar-refractivity contribution in [3.8, 4) is 0 Å². The molecule has 1 saturated heterocycles. The monoisotopic (exact) mass is 255 g/mol. The fourth-order valence-electron chi connectivity index (χ4n) is 2.08. The van der Waals surface area contributed by atoms with Crippen LogP contribution in [0, 0.1) is 11.8 Å². The van der Waals surface area contributed by atoms with Crippen molar-refractivity contribution in [1.82, 2.24) is 4.90 Å². The zero-order valence-corrected chi connectivity index (χ0v) is 12.7. The molecule has 1 aliphatic rings. The van der Waals surface area contributed by atoms with Crippen LogP contribution in [-0.4, -0.2) is 29.7 Å². The number of carbonyl (C=O) groups excluding carboxylic acids is 1. The van der Waals surface area contributed by atoms with Crippen LogP contribution in [0.1, 0.15) is 47.5 Å². The highest BCUT2D eigenvalue weighted by Crippen LogP contribution is 2.25. The van der Waals surface area contributed by atoms with Crippen LogP contribution in [-0.2, 0) is 4.74 Å². The molecule has 0 aromatic rings. The van der Waals surface area contributed by atoms with Crippen molar-refractivity contribution in [3.05, 3.63) is 13.2 Å². The molecule has 18 heavy (non-hydrogen) atoms. The fraction of sp³-hybridized carbons (Fsp3) is 0.800. The molecule has 1 heterocycles. The van der Waals surface area contributed by atoms with Crippen LogP contribution in [0.4, 0.5) is 4.79 Å². The summed E-state index contributed by atoms with van der Waals surface area (Å²) in [5.74, 6) is 1.49. The number of nitrogens with zero attached hydrogens (tertiary/aromatic N) is 1. The molecular weight excluding hydrogens is 226 g/mol. The van der Waals surface area contributed by atoms with Gasteiger partial charge in [0, 0.05) is 13.1 Å². The Balaban J connectivity index is 0.00000137. The number of hydrogen-bond acceptors (Lipinski definition) is 2. The number of hydrogen-bond donors (Lipinski definition) is 0. The first kappa shape index (κ1) is 17.0. The van der Waals surface area contributed by atoms with Crippen LogP contribution >= 0.6 is 0 Å². The summed E-state index contributed by atoms with van der Waals surface area (Å²) in [6, 6.07) is 0. The van der Waals surface area contributed by atoms with Gasteiger partial charge in [0.15, 0.2) is 0 Å². The highest BCUT2D eigenvalue weighted by Gasteiger charge is 2.27. The number of carbonyl (C=O) groups is 1. The van der Waals surface area contributed by atoms with Gasteiger partial charge >= 0.3 is 6.09 Å². The molecule has 0 saturated carbocycles. The van der Waals surface area contributed by atoms with Crippen molar-refractivity contribution in [2.24, 2.45) is 11.8 Å². The van der Waals surface area contributed by atoms with Gasteiger partial charge in [-0.25, -0.2) is 4.79 Å². The molecule has 0 unspecified atom stereocenters. The van der Waals surface area contributed by atoms with Crippen LogP contribution in [0.15, 0.2) is 13.2 Å². The van der Waals surface area contributed by atoms with Crippen molar-refractivity contribution < 1.29 is 9.53 Å². The SMILES string of the molecule is C=C.CC(C)C1CCN(C(=O)OC(C)(C)C)CC1. The van der Waals surface area contributed by atoms with Gasteiger partial charge in [-0.2, -0.15) is 0 Å². The van der Waals surface area contributed by atoms with E-state index in [2.05, 4.69) is 27.0 Å². The third kappa shape index (κ3) is 6.08. The molecule has 1 fully saturated rings. The maximum Gasteiger partial charge on any atom is 0.410 e. The fourth-order valence-corrected chi connectivity index (χ4v) is 2.08. The predicted octanol–water partition coefficient (Wildman–Crippen LogP) is 4.09. The molecule has 1 rings (SSSR count). The Morgan fingerprint density at radius 2 is 1.67 bits per heavy atom. The summed E-state index contributed by atoms with van der Waals surface area (Å²) < 4.78 is 5.36. The Morgan fingerprint density at radius 3 is 2.00 bits per heavy atom. The molecule has 0 aromatic heterocycles. The van der Waals surface area contributed by atoms with Crippen LogP contribution < -0.4 is 0 Å². The van der Waals surface area contributed by atoms with E-state index in [1.54, 1.807) is 0 Å². The maximum absolute atomic E-state index is 11.8. The standard InChI is InChI=1S/C13H25NO2.C2H4/c1-10(2)11-6-8-14(9-7-11)12(15)16-13(3,4)5;1-2/h10-11H,6-9H2,1-5H3;1-2H2. The summed E-state index contributed by atoms with van der Waals surface area (Å²) in [5.41, 5.74) is -0.383. The minimum Gasteiger partial charge on any atom is -0.444 e. The lowest BCUT2D eigenvalue weighted by atomic mass is 9.87. The van der Waals surface area contributed by atoms with Gasteiger partial charge in [0.25, 0.3) is 0 Å². The second-order valence-corrected chi connectivity index (χ2v) is 6.05. The van der Waals surface area contributed by atoms with E-state index < -0.39 is 0 Å². The van der Waals surface area contributed by atoms with Gasteiger partial charge in [-0.15, -0.1) is 13.2 Å². The van der Waals surface area contributed by atoms with Crippen LogP contribution in [0.5, 0.6) is 0 Å². The molecule has 0 N–H and O–H groups in total.